The first-order valence-electron chi connectivity index (χ1n) is 9.61. The maximum Gasteiger partial charge on any atom is 0.258 e. The predicted octanol–water partition coefficient (Wildman–Crippen LogP) is 4.41. The number of halogens is 1. The molecule has 1 aliphatic heterocycles. The molecule has 1 aliphatic rings. The van der Waals surface area contributed by atoms with Crippen LogP contribution in [0.15, 0.2) is 77.7 Å². The highest BCUT2D eigenvalue weighted by Gasteiger charge is 2.31. The number of benzene rings is 3. The summed E-state index contributed by atoms with van der Waals surface area (Å²) in [7, 11) is -3.66. The van der Waals surface area contributed by atoms with Crippen LogP contribution in [0.4, 0.5) is 5.69 Å². The maximum absolute atomic E-state index is 13.1. The second kappa shape index (κ2) is 8.22. The summed E-state index contributed by atoms with van der Waals surface area (Å²) < 4.78 is 27.7. The summed E-state index contributed by atoms with van der Waals surface area (Å²) in [6, 6.07) is 21.0. The van der Waals surface area contributed by atoms with Crippen molar-refractivity contribution in [3.8, 4) is 0 Å². The van der Waals surface area contributed by atoms with Gasteiger partial charge in [0.25, 0.3) is 5.91 Å². The molecule has 0 aliphatic carbocycles. The molecular formula is C23H21ClN2O3S. The Hall–Kier alpha value is -2.67. The van der Waals surface area contributed by atoms with Crippen molar-refractivity contribution in [3.05, 3.63) is 94.5 Å². The van der Waals surface area contributed by atoms with Crippen LogP contribution in [0.2, 0.25) is 5.02 Å². The summed E-state index contributed by atoms with van der Waals surface area (Å²) in [6.45, 7) is 2.14. The number of rotatable bonds is 5. The van der Waals surface area contributed by atoms with Gasteiger partial charge in [0.1, 0.15) is 0 Å². The van der Waals surface area contributed by atoms with Crippen molar-refractivity contribution in [1.29, 1.82) is 0 Å². The molecule has 0 aromatic heterocycles. The highest BCUT2D eigenvalue weighted by Crippen LogP contribution is 2.34. The summed E-state index contributed by atoms with van der Waals surface area (Å²) in [6.07, 6.45) is 0.769. The molecule has 0 saturated carbocycles. The standard InChI is InChI=1S/C23H21ClN2O3S/c1-16-13-19-8-7-17(15-25-30(28,29)21-11-9-20(24)10-12-21)14-22(19)26(16)23(27)18-5-3-2-4-6-18/h2-12,14,16,25H,13,15H2,1H3. The summed E-state index contributed by atoms with van der Waals surface area (Å²) in [5, 5.41) is 0.477. The molecule has 1 N–H and O–H groups in total. The van der Waals surface area contributed by atoms with Gasteiger partial charge < -0.3 is 4.90 Å². The molecule has 30 heavy (non-hydrogen) atoms. The zero-order valence-electron chi connectivity index (χ0n) is 16.4. The minimum atomic E-state index is -3.66. The SMILES string of the molecule is CC1Cc2ccc(CNS(=O)(=O)c3ccc(Cl)cc3)cc2N1C(=O)c1ccccc1. The number of fused-ring (bicyclic) bond motifs is 1. The minimum Gasteiger partial charge on any atom is -0.305 e. The molecule has 154 valence electrons. The van der Waals surface area contributed by atoms with Gasteiger partial charge in [-0.2, -0.15) is 0 Å². The van der Waals surface area contributed by atoms with Crippen molar-refractivity contribution >= 4 is 33.2 Å². The van der Waals surface area contributed by atoms with E-state index >= 15 is 0 Å². The third-order valence-corrected chi connectivity index (χ3v) is 6.86. The fourth-order valence-corrected chi connectivity index (χ4v) is 4.81. The molecule has 1 amide bonds. The Morgan fingerprint density at radius 1 is 1.07 bits per heavy atom. The lowest BCUT2D eigenvalue weighted by molar-refractivity contribution is 0.0981. The van der Waals surface area contributed by atoms with Gasteiger partial charge in [0, 0.05) is 28.9 Å². The van der Waals surface area contributed by atoms with Gasteiger partial charge in [-0.1, -0.05) is 41.9 Å². The molecule has 0 spiro atoms. The van der Waals surface area contributed by atoms with E-state index in [2.05, 4.69) is 4.72 Å². The van der Waals surface area contributed by atoms with E-state index in [4.69, 9.17) is 11.6 Å². The van der Waals surface area contributed by atoms with Crippen LogP contribution in [0.3, 0.4) is 0 Å². The minimum absolute atomic E-state index is 0.0358. The third-order valence-electron chi connectivity index (χ3n) is 5.20. The molecular weight excluding hydrogens is 420 g/mol. The molecule has 0 saturated heterocycles. The van der Waals surface area contributed by atoms with Gasteiger partial charge in [-0.25, -0.2) is 13.1 Å². The van der Waals surface area contributed by atoms with Crippen molar-refractivity contribution in [2.24, 2.45) is 0 Å². The highest BCUT2D eigenvalue weighted by molar-refractivity contribution is 7.89. The molecule has 5 nitrogen and oxygen atoms in total. The fourth-order valence-electron chi connectivity index (χ4n) is 3.67. The molecule has 1 unspecified atom stereocenters. The monoisotopic (exact) mass is 440 g/mol. The Balaban J connectivity index is 1.56. The van der Waals surface area contributed by atoms with Gasteiger partial charge in [0.05, 0.1) is 4.90 Å². The number of anilines is 1. The van der Waals surface area contributed by atoms with E-state index < -0.39 is 10.0 Å². The number of carbonyl (C=O) groups excluding carboxylic acids is 1. The maximum atomic E-state index is 13.1. The van der Waals surface area contributed by atoms with Gasteiger partial charge in [0.2, 0.25) is 10.0 Å². The average molecular weight is 441 g/mol. The summed E-state index contributed by atoms with van der Waals surface area (Å²) >= 11 is 5.84. The first kappa shape index (κ1) is 20.6. The Morgan fingerprint density at radius 3 is 2.47 bits per heavy atom. The van der Waals surface area contributed by atoms with Gasteiger partial charge in [-0.3, -0.25) is 4.79 Å². The van der Waals surface area contributed by atoms with Crippen molar-refractivity contribution < 1.29 is 13.2 Å². The second-order valence-corrected chi connectivity index (χ2v) is 9.54. The van der Waals surface area contributed by atoms with E-state index in [1.165, 1.54) is 12.1 Å². The number of hydrogen-bond acceptors (Lipinski definition) is 3. The number of carbonyl (C=O) groups is 1. The number of amides is 1. The first-order chi connectivity index (χ1) is 14.3. The topological polar surface area (TPSA) is 66.5 Å². The van der Waals surface area contributed by atoms with E-state index in [1.54, 1.807) is 29.2 Å². The van der Waals surface area contributed by atoms with Crippen LogP contribution >= 0.6 is 11.6 Å². The average Bonchev–Trinajstić information content (AvgIpc) is 3.07. The largest absolute Gasteiger partial charge is 0.305 e. The van der Waals surface area contributed by atoms with Crippen LogP contribution < -0.4 is 9.62 Å². The van der Waals surface area contributed by atoms with E-state index in [9.17, 15) is 13.2 Å². The summed E-state index contributed by atoms with van der Waals surface area (Å²) in [5.74, 6) is -0.0549. The third kappa shape index (κ3) is 4.12. The van der Waals surface area contributed by atoms with Crippen LogP contribution in [-0.2, 0) is 23.0 Å². The number of sulfonamides is 1. The fraction of sp³-hybridized carbons (Fsp3) is 0.174. The Kier molecular flexibility index (Phi) is 5.64. The van der Waals surface area contributed by atoms with Gasteiger partial charge in [-0.05, 0) is 66.9 Å². The number of hydrogen-bond donors (Lipinski definition) is 1. The highest BCUT2D eigenvalue weighted by atomic mass is 35.5. The van der Waals surface area contributed by atoms with Crippen LogP contribution in [0.5, 0.6) is 0 Å². The van der Waals surface area contributed by atoms with Crippen LogP contribution in [0.1, 0.15) is 28.4 Å². The smallest absolute Gasteiger partial charge is 0.258 e. The van der Waals surface area contributed by atoms with Gasteiger partial charge in [-0.15, -0.1) is 0 Å². The Morgan fingerprint density at radius 2 is 1.77 bits per heavy atom. The zero-order valence-corrected chi connectivity index (χ0v) is 18.0. The van der Waals surface area contributed by atoms with Crippen molar-refractivity contribution in [2.75, 3.05) is 4.90 Å². The van der Waals surface area contributed by atoms with E-state index in [0.717, 1.165) is 23.2 Å². The summed E-state index contributed by atoms with van der Waals surface area (Å²) in [5.41, 5.74) is 3.33. The molecule has 1 atom stereocenters. The Bertz CT molecular complexity index is 1180. The van der Waals surface area contributed by atoms with Gasteiger partial charge >= 0.3 is 0 Å². The quantitative estimate of drug-likeness (QED) is 0.639. The second-order valence-electron chi connectivity index (χ2n) is 7.34. The van der Waals surface area contributed by atoms with Crippen molar-refractivity contribution in [3.63, 3.8) is 0 Å². The normalized spacial score (nSPS) is 15.8. The first-order valence-corrected chi connectivity index (χ1v) is 11.5. The lowest BCUT2D eigenvalue weighted by atomic mass is 10.1. The molecule has 0 radical (unpaired) electrons. The number of nitrogens with one attached hydrogen (secondary N) is 1. The predicted molar refractivity (Wildman–Crippen MR) is 118 cm³/mol. The van der Waals surface area contributed by atoms with Crippen molar-refractivity contribution in [1.82, 2.24) is 4.72 Å². The van der Waals surface area contributed by atoms with Crippen LogP contribution in [-0.4, -0.2) is 20.4 Å². The van der Waals surface area contributed by atoms with Crippen LogP contribution in [0, 0.1) is 0 Å². The van der Waals surface area contributed by atoms with E-state index in [0.29, 0.717) is 10.6 Å². The Labute approximate surface area is 181 Å². The lowest BCUT2D eigenvalue weighted by Crippen LogP contribution is -2.35. The summed E-state index contributed by atoms with van der Waals surface area (Å²) in [4.78, 5) is 15.0. The van der Waals surface area contributed by atoms with E-state index in [-0.39, 0.29) is 23.4 Å². The lowest BCUT2D eigenvalue weighted by Gasteiger charge is -2.23. The molecule has 3 aromatic carbocycles. The zero-order chi connectivity index (χ0) is 21.3. The van der Waals surface area contributed by atoms with Gasteiger partial charge in [0.15, 0.2) is 0 Å². The molecule has 0 fully saturated rings. The van der Waals surface area contributed by atoms with Crippen LogP contribution in [0.25, 0.3) is 0 Å². The van der Waals surface area contributed by atoms with E-state index in [1.807, 2.05) is 43.3 Å². The number of nitrogens with zero attached hydrogens (tertiary/aromatic N) is 1. The molecule has 3 aromatic rings. The molecule has 0 bridgehead atoms. The molecule has 1 heterocycles. The molecule has 4 rings (SSSR count). The molecule has 7 heteroatoms. The van der Waals surface area contributed by atoms with Crippen molar-refractivity contribution in [2.45, 2.75) is 30.8 Å².